The van der Waals surface area contributed by atoms with E-state index in [0.717, 1.165) is 71.9 Å². The molecule has 0 unspecified atom stereocenters. The van der Waals surface area contributed by atoms with Crippen molar-refractivity contribution < 1.29 is 0 Å². The quantitative estimate of drug-likeness (QED) is 0.157. The first-order valence-corrected chi connectivity index (χ1v) is 22.3. The summed E-state index contributed by atoms with van der Waals surface area (Å²) in [6.45, 7) is 0. The molecule has 6 heteroatoms. The SMILES string of the molecule is c1ccc(-c2nc(-c3cccc(-c4cccc5c4sc4ccc6c(-c7ccccc7)nc7ccccc7c6c45)c3)nc(-c3ccc4c(c3)c3ccccc3n4-c3ccccc3)n2)cc1. The second-order valence-corrected chi connectivity index (χ2v) is 17.2. The molecule has 0 amide bonds. The van der Waals surface area contributed by atoms with Gasteiger partial charge >= 0.3 is 0 Å². The van der Waals surface area contributed by atoms with Crippen LogP contribution >= 0.6 is 11.3 Å². The molecule has 0 saturated carbocycles. The van der Waals surface area contributed by atoms with Crippen LogP contribution in [0.1, 0.15) is 0 Å². The molecule has 0 saturated heterocycles. The highest BCUT2D eigenvalue weighted by molar-refractivity contribution is 7.26. The smallest absolute Gasteiger partial charge is 0.164 e. The summed E-state index contributed by atoms with van der Waals surface area (Å²) in [6, 6.07) is 74.9. The average molecular weight is 834 g/mol. The van der Waals surface area contributed by atoms with Crippen LogP contribution in [0.25, 0.3) is 126 Å². The van der Waals surface area contributed by atoms with Gasteiger partial charge in [0.05, 0.1) is 22.2 Å². The van der Waals surface area contributed by atoms with Gasteiger partial charge in [0, 0.05) is 75.0 Å². The lowest BCUT2D eigenvalue weighted by Gasteiger charge is -2.12. The number of hydrogen-bond donors (Lipinski definition) is 0. The highest BCUT2D eigenvalue weighted by atomic mass is 32.1. The third kappa shape index (κ3) is 5.84. The Morgan fingerprint density at radius 2 is 0.938 bits per heavy atom. The minimum Gasteiger partial charge on any atom is -0.309 e. The van der Waals surface area contributed by atoms with Crippen LogP contribution in [0.15, 0.2) is 212 Å². The Morgan fingerprint density at radius 3 is 1.73 bits per heavy atom. The molecular weight excluding hydrogens is 799 g/mol. The van der Waals surface area contributed by atoms with E-state index in [1.165, 1.54) is 36.5 Å². The number of hydrogen-bond acceptors (Lipinski definition) is 5. The van der Waals surface area contributed by atoms with Crippen LogP contribution in [0.2, 0.25) is 0 Å². The average Bonchev–Trinajstić information content (AvgIpc) is 3.92. The van der Waals surface area contributed by atoms with E-state index in [2.05, 4.69) is 199 Å². The first-order valence-electron chi connectivity index (χ1n) is 21.5. The van der Waals surface area contributed by atoms with Crippen molar-refractivity contribution in [2.75, 3.05) is 0 Å². The molecule has 0 aliphatic heterocycles. The number of nitrogens with zero attached hydrogens (tertiary/aromatic N) is 5. The van der Waals surface area contributed by atoms with Gasteiger partial charge in [-0.05, 0) is 65.7 Å². The maximum absolute atomic E-state index is 5.25. The van der Waals surface area contributed by atoms with Crippen molar-refractivity contribution in [2.24, 2.45) is 0 Å². The monoisotopic (exact) mass is 833 g/mol. The molecule has 298 valence electrons. The Kier molecular flexibility index (Phi) is 8.32. The number of para-hydroxylation sites is 3. The zero-order valence-corrected chi connectivity index (χ0v) is 35.2. The maximum atomic E-state index is 5.25. The van der Waals surface area contributed by atoms with Crippen LogP contribution in [0.5, 0.6) is 0 Å². The lowest BCUT2D eigenvalue weighted by molar-refractivity contribution is 1.07. The molecule has 13 rings (SSSR count). The Hall–Kier alpha value is -8.32. The van der Waals surface area contributed by atoms with Gasteiger partial charge in [-0.3, -0.25) is 0 Å². The lowest BCUT2D eigenvalue weighted by atomic mass is 9.95. The molecule has 0 aliphatic carbocycles. The van der Waals surface area contributed by atoms with Crippen molar-refractivity contribution in [3.63, 3.8) is 0 Å². The largest absolute Gasteiger partial charge is 0.309 e. The van der Waals surface area contributed by atoms with E-state index in [-0.39, 0.29) is 0 Å². The molecule has 4 heterocycles. The molecule has 5 nitrogen and oxygen atoms in total. The second kappa shape index (κ2) is 14.7. The second-order valence-electron chi connectivity index (χ2n) is 16.2. The molecular formula is C58H35N5S. The Labute approximate surface area is 372 Å². The van der Waals surface area contributed by atoms with Gasteiger partial charge in [-0.1, -0.05) is 158 Å². The fourth-order valence-corrected chi connectivity index (χ4v) is 10.8. The third-order valence-electron chi connectivity index (χ3n) is 12.4. The minimum absolute atomic E-state index is 0.624. The van der Waals surface area contributed by atoms with Crippen molar-refractivity contribution >= 4 is 75.0 Å². The topological polar surface area (TPSA) is 56.5 Å². The molecule has 0 atom stereocenters. The van der Waals surface area contributed by atoms with E-state index in [0.29, 0.717) is 17.5 Å². The van der Waals surface area contributed by atoms with E-state index in [4.69, 9.17) is 19.9 Å². The van der Waals surface area contributed by atoms with Crippen LogP contribution in [-0.2, 0) is 0 Å². The van der Waals surface area contributed by atoms with Crippen molar-refractivity contribution in [1.82, 2.24) is 24.5 Å². The standard InChI is InChI=1S/C58H35N5S/c1-4-16-36(17-5-1)54-45-31-33-51-53(52(45)44-25-10-12-28-48(44)59-54)46-27-15-26-42(55(46)64-51)38-20-14-21-39(34-38)57-60-56(37-18-6-2-7-19-37)61-58(62-57)40-30-32-50-47(35-40)43-24-11-13-29-49(43)63(50)41-22-8-3-9-23-41/h1-35H. The van der Waals surface area contributed by atoms with Crippen molar-refractivity contribution in [3.8, 4) is 62.2 Å². The summed E-state index contributed by atoms with van der Waals surface area (Å²) in [7, 11) is 0. The molecule has 0 spiro atoms. The zero-order valence-electron chi connectivity index (χ0n) is 34.4. The van der Waals surface area contributed by atoms with E-state index >= 15 is 0 Å². The van der Waals surface area contributed by atoms with Crippen LogP contribution in [0.4, 0.5) is 0 Å². The molecule has 64 heavy (non-hydrogen) atoms. The summed E-state index contributed by atoms with van der Waals surface area (Å²) >= 11 is 1.85. The molecule has 0 aliphatic rings. The summed E-state index contributed by atoms with van der Waals surface area (Å²) in [5.41, 5.74) is 11.6. The van der Waals surface area contributed by atoms with Crippen LogP contribution in [0, 0.1) is 0 Å². The van der Waals surface area contributed by atoms with Crippen molar-refractivity contribution in [3.05, 3.63) is 212 Å². The predicted molar refractivity (Wildman–Crippen MR) is 267 cm³/mol. The number of aromatic nitrogens is 5. The number of pyridine rings is 1. The van der Waals surface area contributed by atoms with E-state index in [1.807, 2.05) is 29.5 Å². The van der Waals surface area contributed by atoms with Gasteiger partial charge in [-0.2, -0.15) is 0 Å². The van der Waals surface area contributed by atoms with E-state index in [1.54, 1.807) is 0 Å². The fourth-order valence-electron chi connectivity index (χ4n) is 9.52. The van der Waals surface area contributed by atoms with Gasteiger partial charge in [0.1, 0.15) is 0 Å². The summed E-state index contributed by atoms with van der Waals surface area (Å²) < 4.78 is 4.82. The number of thiophene rings is 1. The molecule has 13 aromatic rings. The minimum atomic E-state index is 0.624. The summed E-state index contributed by atoms with van der Waals surface area (Å²) in [5.74, 6) is 1.88. The van der Waals surface area contributed by atoms with Crippen molar-refractivity contribution in [1.29, 1.82) is 0 Å². The van der Waals surface area contributed by atoms with Crippen molar-refractivity contribution in [2.45, 2.75) is 0 Å². The zero-order chi connectivity index (χ0) is 42.1. The van der Waals surface area contributed by atoms with Crippen LogP contribution < -0.4 is 0 Å². The number of fused-ring (bicyclic) bond motifs is 10. The maximum Gasteiger partial charge on any atom is 0.164 e. The van der Waals surface area contributed by atoms with Gasteiger partial charge < -0.3 is 4.57 Å². The molecule has 0 N–H and O–H groups in total. The van der Waals surface area contributed by atoms with Crippen LogP contribution in [0.3, 0.4) is 0 Å². The van der Waals surface area contributed by atoms with E-state index < -0.39 is 0 Å². The molecule has 0 bridgehead atoms. The number of rotatable bonds is 6. The molecule has 0 radical (unpaired) electrons. The Bertz CT molecular complexity index is 3950. The van der Waals surface area contributed by atoms with Gasteiger partial charge in [-0.25, -0.2) is 19.9 Å². The first kappa shape index (κ1) is 36.3. The third-order valence-corrected chi connectivity index (χ3v) is 13.6. The molecule has 9 aromatic carbocycles. The molecule has 4 aromatic heterocycles. The first-order chi connectivity index (χ1) is 31.7. The Balaban J connectivity index is 0.978. The highest BCUT2D eigenvalue weighted by Gasteiger charge is 2.20. The highest BCUT2D eigenvalue weighted by Crippen LogP contribution is 2.46. The summed E-state index contributed by atoms with van der Waals surface area (Å²) in [6.07, 6.45) is 0. The normalized spacial score (nSPS) is 11.8. The summed E-state index contributed by atoms with van der Waals surface area (Å²) in [4.78, 5) is 20.8. The van der Waals surface area contributed by atoms with Gasteiger partial charge in [0.15, 0.2) is 17.5 Å². The number of benzene rings is 9. The Morgan fingerprint density at radius 1 is 0.344 bits per heavy atom. The molecule has 0 fully saturated rings. The van der Waals surface area contributed by atoms with Gasteiger partial charge in [0.2, 0.25) is 0 Å². The predicted octanol–water partition coefficient (Wildman–Crippen LogP) is 15.4. The summed E-state index contributed by atoms with van der Waals surface area (Å²) in [5, 5.41) is 8.39. The lowest BCUT2D eigenvalue weighted by Crippen LogP contribution is -2.00. The van der Waals surface area contributed by atoms with Gasteiger partial charge in [-0.15, -0.1) is 11.3 Å². The van der Waals surface area contributed by atoms with Gasteiger partial charge in [0.25, 0.3) is 0 Å². The van der Waals surface area contributed by atoms with E-state index in [9.17, 15) is 0 Å². The fraction of sp³-hybridized carbons (Fsp3) is 0. The van der Waals surface area contributed by atoms with Crippen LogP contribution in [-0.4, -0.2) is 24.5 Å².